The number of carboxylic acid groups (broad SMARTS) is 1. The van der Waals surface area contributed by atoms with Gasteiger partial charge in [-0.15, -0.1) is 0 Å². The topological polar surface area (TPSA) is 148 Å². The molecule has 0 saturated carbocycles. The van der Waals surface area contributed by atoms with Crippen LogP contribution in [0, 0.1) is 0 Å². The summed E-state index contributed by atoms with van der Waals surface area (Å²) in [6.45, 7) is 0.0642. The van der Waals surface area contributed by atoms with Crippen LogP contribution in [0.25, 0.3) is 0 Å². The van der Waals surface area contributed by atoms with E-state index in [4.69, 9.17) is 22.3 Å². The van der Waals surface area contributed by atoms with Crippen molar-refractivity contribution in [1.82, 2.24) is 0 Å². The Labute approximate surface area is 81.6 Å². The number of carboxylic acids is 1. The molecule has 0 radical (unpaired) electrons. The third-order valence-corrected chi connectivity index (χ3v) is 1.61. The maximum Gasteiger partial charge on any atom is 0.320 e. The fourth-order valence-electron chi connectivity index (χ4n) is 0.797. The Morgan fingerprint density at radius 2 is 1.93 bits per heavy atom. The first-order valence-electron chi connectivity index (χ1n) is 4.15. The van der Waals surface area contributed by atoms with Crippen molar-refractivity contribution in [2.45, 2.75) is 25.0 Å². The maximum atomic E-state index is 10.3. The lowest BCUT2D eigenvalue weighted by molar-refractivity contribution is -0.138. The minimum absolute atomic E-state index is 0.0642. The standard InChI is InChI=1S/C7H16N4O3/c8-5(6(13)14)2-1-4(12)3-11-7(9)10/h4-5,12H,1-3,8H2,(H,13,14)(H4,9,10,11)/t4?,5-/m0/s1. The van der Waals surface area contributed by atoms with Crippen molar-refractivity contribution in [3.63, 3.8) is 0 Å². The van der Waals surface area contributed by atoms with Gasteiger partial charge in [0.2, 0.25) is 0 Å². The second-order valence-electron chi connectivity index (χ2n) is 2.94. The number of guanidine groups is 1. The smallest absolute Gasteiger partial charge is 0.320 e. The average molecular weight is 204 g/mol. The highest BCUT2D eigenvalue weighted by Crippen LogP contribution is 2.00. The van der Waals surface area contributed by atoms with Gasteiger partial charge in [-0.05, 0) is 12.8 Å². The first-order valence-corrected chi connectivity index (χ1v) is 4.15. The summed E-state index contributed by atoms with van der Waals surface area (Å²) in [4.78, 5) is 13.9. The Hall–Kier alpha value is -1.34. The molecule has 0 bridgehead atoms. The van der Waals surface area contributed by atoms with Crippen molar-refractivity contribution in [3.8, 4) is 0 Å². The zero-order valence-electron chi connectivity index (χ0n) is 7.76. The first kappa shape index (κ1) is 12.7. The number of hydrogen-bond donors (Lipinski definition) is 5. The van der Waals surface area contributed by atoms with Crippen LogP contribution in [-0.2, 0) is 4.79 Å². The number of nitrogens with zero attached hydrogens (tertiary/aromatic N) is 1. The van der Waals surface area contributed by atoms with Gasteiger partial charge in [-0.3, -0.25) is 9.79 Å². The van der Waals surface area contributed by atoms with E-state index in [0.717, 1.165) is 0 Å². The van der Waals surface area contributed by atoms with E-state index in [2.05, 4.69) is 4.99 Å². The van der Waals surface area contributed by atoms with Gasteiger partial charge < -0.3 is 27.4 Å². The van der Waals surface area contributed by atoms with Gasteiger partial charge in [0.1, 0.15) is 6.04 Å². The number of aliphatic imine (C=N–C) groups is 1. The van der Waals surface area contributed by atoms with Gasteiger partial charge in [-0.1, -0.05) is 0 Å². The van der Waals surface area contributed by atoms with E-state index in [9.17, 15) is 9.90 Å². The van der Waals surface area contributed by atoms with Gasteiger partial charge in [0.25, 0.3) is 0 Å². The van der Waals surface area contributed by atoms with Crippen LogP contribution >= 0.6 is 0 Å². The van der Waals surface area contributed by atoms with E-state index in [1.807, 2.05) is 0 Å². The lowest BCUT2D eigenvalue weighted by atomic mass is 10.1. The van der Waals surface area contributed by atoms with E-state index in [-0.39, 0.29) is 25.3 Å². The molecule has 14 heavy (non-hydrogen) atoms. The molecule has 7 nitrogen and oxygen atoms in total. The van der Waals surface area contributed by atoms with Crippen LogP contribution in [0.15, 0.2) is 4.99 Å². The minimum atomic E-state index is -1.08. The molecule has 82 valence electrons. The molecule has 0 aliphatic carbocycles. The molecule has 0 aliphatic heterocycles. The molecule has 0 aromatic heterocycles. The molecule has 7 heteroatoms. The van der Waals surface area contributed by atoms with Gasteiger partial charge in [0.15, 0.2) is 5.96 Å². The molecular formula is C7H16N4O3. The van der Waals surface area contributed by atoms with E-state index < -0.39 is 18.1 Å². The molecular weight excluding hydrogens is 188 g/mol. The summed E-state index contributed by atoms with van der Waals surface area (Å²) in [6.07, 6.45) is -0.316. The van der Waals surface area contributed by atoms with Crippen LogP contribution in [0.1, 0.15) is 12.8 Å². The lowest BCUT2D eigenvalue weighted by Crippen LogP contribution is -2.31. The third-order valence-electron chi connectivity index (χ3n) is 1.61. The average Bonchev–Trinajstić information content (AvgIpc) is 2.10. The Bertz CT molecular complexity index is 215. The van der Waals surface area contributed by atoms with Crippen molar-refractivity contribution < 1.29 is 15.0 Å². The van der Waals surface area contributed by atoms with Crippen molar-refractivity contribution in [3.05, 3.63) is 0 Å². The van der Waals surface area contributed by atoms with Gasteiger partial charge in [0, 0.05) is 0 Å². The molecule has 0 aliphatic rings. The molecule has 0 spiro atoms. The van der Waals surface area contributed by atoms with E-state index in [1.54, 1.807) is 0 Å². The van der Waals surface area contributed by atoms with Gasteiger partial charge in [-0.25, -0.2) is 0 Å². The molecule has 0 aromatic rings. The monoisotopic (exact) mass is 204 g/mol. The Morgan fingerprint density at radius 3 is 2.36 bits per heavy atom. The fraction of sp³-hybridized carbons (Fsp3) is 0.714. The highest BCUT2D eigenvalue weighted by atomic mass is 16.4. The highest BCUT2D eigenvalue weighted by Gasteiger charge is 2.13. The van der Waals surface area contributed by atoms with Crippen molar-refractivity contribution >= 4 is 11.9 Å². The Balaban J connectivity index is 3.69. The molecule has 0 rings (SSSR count). The molecule has 8 N–H and O–H groups in total. The molecule has 0 heterocycles. The summed E-state index contributed by atoms with van der Waals surface area (Å²) < 4.78 is 0. The Kier molecular flexibility index (Phi) is 5.58. The molecule has 2 atom stereocenters. The van der Waals surface area contributed by atoms with Crippen LogP contribution < -0.4 is 17.2 Å². The number of nitrogens with two attached hydrogens (primary N) is 3. The SMILES string of the molecule is NC(N)=NCC(O)CC[C@H](N)C(=O)O. The fourth-order valence-corrected chi connectivity index (χ4v) is 0.797. The highest BCUT2D eigenvalue weighted by molar-refractivity contribution is 5.75. The maximum absolute atomic E-state index is 10.3. The van der Waals surface area contributed by atoms with Crippen molar-refractivity contribution in [2.75, 3.05) is 6.54 Å². The van der Waals surface area contributed by atoms with Gasteiger partial charge in [0.05, 0.1) is 12.6 Å². The largest absolute Gasteiger partial charge is 0.480 e. The van der Waals surface area contributed by atoms with Crippen LogP contribution in [-0.4, -0.2) is 40.8 Å². The lowest BCUT2D eigenvalue weighted by Gasteiger charge is -2.09. The number of aliphatic hydroxyl groups is 1. The summed E-state index contributed by atoms with van der Waals surface area (Å²) in [7, 11) is 0. The molecule has 0 saturated heterocycles. The van der Waals surface area contributed by atoms with E-state index in [1.165, 1.54) is 0 Å². The van der Waals surface area contributed by atoms with E-state index >= 15 is 0 Å². The molecule has 0 aromatic carbocycles. The predicted molar refractivity (Wildman–Crippen MR) is 51.5 cm³/mol. The van der Waals surface area contributed by atoms with Crippen molar-refractivity contribution in [1.29, 1.82) is 0 Å². The zero-order chi connectivity index (χ0) is 11.1. The van der Waals surface area contributed by atoms with Gasteiger partial charge in [-0.2, -0.15) is 0 Å². The molecule has 0 amide bonds. The minimum Gasteiger partial charge on any atom is -0.480 e. The summed E-state index contributed by atoms with van der Waals surface area (Å²) in [5.41, 5.74) is 15.3. The number of rotatable bonds is 6. The number of aliphatic carboxylic acids is 1. The van der Waals surface area contributed by atoms with Gasteiger partial charge >= 0.3 is 5.97 Å². The second kappa shape index (κ2) is 6.17. The van der Waals surface area contributed by atoms with Crippen LogP contribution in [0.4, 0.5) is 0 Å². The zero-order valence-corrected chi connectivity index (χ0v) is 7.76. The predicted octanol–water partition coefficient (Wildman–Crippen LogP) is -2.19. The Morgan fingerprint density at radius 1 is 1.36 bits per heavy atom. The van der Waals surface area contributed by atoms with Crippen LogP contribution in [0.5, 0.6) is 0 Å². The number of hydrogen-bond acceptors (Lipinski definition) is 4. The summed E-state index contributed by atoms with van der Waals surface area (Å²) in [5, 5.41) is 17.7. The summed E-state index contributed by atoms with van der Waals surface area (Å²) in [6, 6.07) is -0.955. The number of carbonyl (C=O) groups is 1. The van der Waals surface area contributed by atoms with Crippen LogP contribution in [0.2, 0.25) is 0 Å². The quantitative estimate of drug-likeness (QED) is 0.245. The van der Waals surface area contributed by atoms with E-state index in [0.29, 0.717) is 0 Å². The first-order chi connectivity index (χ1) is 6.43. The normalized spacial score (nSPS) is 14.4. The summed E-state index contributed by atoms with van der Waals surface area (Å²) >= 11 is 0. The number of aliphatic hydroxyl groups excluding tert-OH is 1. The molecule has 1 unspecified atom stereocenters. The third kappa shape index (κ3) is 6.21. The van der Waals surface area contributed by atoms with Crippen LogP contribution in [0.3, 0.4) is 0 Å². The van der Waals surface area contributed by atoms with Crippen molar-refractivity contribution in [2.24, 2.45) is 22.2 Å². The summed E-state index contributed by atoms with van der Waals surface area (Å²) in [5.74, 6) is -1.19. The second-order valence-corrected chi connectivity index (χ2v) is 2.94. The molecule has 0 fully saturated rings.